The van der Waals surface area contributed by atoms with E-state index in [2.05, 4.69) is 5.32 Å². The molecule has 1 heterocycles. The molecule has 4 nitrogen and oxygen atoms in total. The predicted octanol–water partition coefficient (Wildman–Crippen LogP) is 7.09. The molecule has 170 valence electrons. The van der Waals surface area contributed by atoms with E-state index in [1.54, 1.807) is 6.07 Å². The lowest BCUT2D eigenvalue weighted by Gasteiger charge is -2.34. The number of hydrazone groups is 1. The fourth-order valence-corrected chi connectivity index (χ4v) is 3.98. The Balaban J connectivity index is 1.52. The maximum absolute atomic E-state index is 12.7. The highest BCUT2D eigenvalue weighted by atomic mass is 35.5. The fourth-order valence-electron chi connectivity index (χ4n) is 3.79. The van der Waals surface area contributed by atoms with Crippen LogP contribution in [0.5, 0.6) is 0 Å². The number of hydrogen-bond acceptors (Lipinski definition) is 3. The molecule has 3 aromatic rings. The lowest BCUT2D eigenvalue weighted by Crippen LogP contribution is -2.31. The second-order valence-corrected chi connectivity index (χ2v) is 8.19. The second-order valence-electron chi connectivity index (χ2n) is 7.76. The second kappa shape index (κ2) is 9.67. The zero-order valence-corrected chi connectivity index (χ0v) is 18.3. The summed E-state index contributed by atoms with van der Waals surface area (Å²) in [6.07, 6.45) is -3.00. The van der Waals surface area contributed by atoms with Crippen LogP contribution >= 0.6 is 11.6 Å². The average molecular weight is 472 g/mol. The number of alkyl halides is 3. The third kappa shape index (κ3) is 5.73. The molecular formula is C25H21ClF3N3O. The molecule has 4 rings (SSSR count). The van der Waals surface area contributed by atoms with E-state index in [1.165, 1.54) is 12.1 Å². The van der Waals surface area contributed by atoms with Gasteiger partial charge in [0.2, 0.25) is 5.91 Å². The summed E-state index contributed by atoms with van der Waals surface area (Å²) in [4.78, 5) is 12.6. The van der Waals surface area contributed by atoms with Crippen molar-refractivity contribution < 1.29 is 18.0 Å². The van der Waals surface area contributed by atoms with Crippen molar-refractivity contribution in [3.8, 4) is 0 Å². The number of rotatable bonds is 5. The van der Waals surface area contributed by atoms with E-state index in [9.17, 15) is 18.0 Å². The molecule has 1 aliphatic rings. The molecule has 33 heavy (non-hydrogen) atoms. The summed E-state index contributed by atoms with van der Waals surface area (Å²) >= 11 is 6.20. The summed E-state index contributed by atoms with van der Waals surface area (Å²) in [7, 11) is 0. The van der Waals surface area contributed by atoms with Crippen molar-refractivity contribution in [1.29, 1.82) is 0 Å². The molecule has 1 amide bonds. The van der Waals surface area contributed by atoms with E-state index >= 15 is 0 Å². The molecule has 1 atom stereocenters. The van der Waals surface area contributed by atoms with Crippen molar-refractivity contribution in [2.24, 2.45) is 5.10 Å². The molecule has 0 saturated heterocycles. The van der Waals surface area contributed by atoms with Crippen LogP contribution in [0.1, 0.15) is 36.4 Å². The van der Waals surface area contributed by atoms with Gasteiger partial charge in [-0.2, -0.15) is 18.3 Å². The monoisotopic (exact) mass is 471 g/mol. The number of carbonyl (C=O) groups is 1. The standard InChI is InChI=1S/C25H21ClF3N3O/c26-19-7-4-8-22(15-19)32-23(17-5-2-1-3-6-17)14-13-21(31-32)16-24(33)30-20-11-9-18(10-12-20)25(27,28)29/h1-12,15,23H,13-14,16H2,(H,30,33). The molecule has 0 bridgehead atoms. The average Bonchev–Trinajstić information content (AvgIpc) is 2.79. The minimum Gasteiger partial charge on any atom is -0.326 e. The minimum atomic E-state index is -4.42. The Bertz CT molecular complexity index is 1150. The molecule has 3 aromatic carbocycles. The topological polar surface area (TPSA) is 44.7 Å². The summed E-state index contributed by atoms with van der Waals surface area (Å²) < 4.78 is 38.2. The van der Waals surface area contributed by atoms with E-state index in [-0.39, 0.29) is 18.4 Å². The fraction of sp³-hybridized carbons (Fsp3) is 0.200. The van der Waals surface area contributed by atoms with Crippen LogP contribution in [0.4, 0.5) is 24.5 Å². The molecule has 1 N–H and O–H groups in total. The third-order valence-electron chi connectivity index (χ3n) is 5.37. The van der Waals surface area contributed by atoms with Crippen LogP contribution in [0, 0.1) is 0 Å². The van der Waals surface area contributed by atoms with Crippen molar-refractivity contribution in [3.63, 3.8) is 0 Å². The van der Waals surface area contributed by atoms with Crippen molar-refractivity contribution in [1.82, 2.24) is 0 Å². The first kappa shape index (κ1) is 22.9. The van der Waals surface area contributed by atoms with Crippen LogP contribution in [-0.2, 0) is 11.0 Å². The van der Waals surface area contributed by atoms with Gasteiger partial charge in [0.25, 0.3) is 0 Å². The number of nitrogens with one attached hydrogen (secondary N) is 1. The van der Waals surface area contributed by atoms with E-state index in [4.69, 9.17) is 16.7 Å². The van der Waals surface area contributed by atoms with Gasteiger partial charge in [0.1, 0.15) is 0 Å². The van der Waals surface area contributed by atoms with E-state index in [0.717, 1.165) is 29.8 Å². The van der Waals surface area contributed by atoms with Crippen LogP contribution in [0.25, 0.3) is 0 Å². The van der Waals surface area contributed by atoms with Gasteiger partial charge in [-0.15, -0.1) is 0 Å². The van der Waals surface area contributed by atoms with Crippen molar-refractivity contribution in [2.75, 3.05) is 10.3 Å². The van der Waals surface area contributed by atoms with Gasteiger partial charge in [0.05, 0.1) is 23.7 Å². The Hall–Kier alpha value is -3.32. The highest BCUT2D eigenvalue weighted by Gasteiger charge is 2.30. The number of benzene rings is 3. The first-order valence-corrected chi connectivity index (χ1v) is 10.8. The summed E-state index contributed by atoms with van der Waals surface area (Å²) in [5.74, 6) is -0.335. The maximum atomic E-state index is 12.7. The van der Waals surface area contributed by atoms with Gasteiger partial charge in [-0.1, -0.05) is 48.0 Å². The first-order valence-electron chi connectivity index (χ1n) is 10.4. The Kier molecular flexibility index (Phi) is 6.70. The first-order chi connectivity index (χ1) is 15.8. The van der Waals surface area contributed by atoms with Gasteiger partial charge in [-0.05, 0) is 60.9 Å². The molecule has 0 spiro atoms. The number of nitrogens with zero attached hydrogens (tertiary/aromatic N) is 2. The number of amides is 1. The van der Waals surface area contributed by atoms with Crippen LogP contribution in [0.15, 0.2) is 84.0 Å². The SMILES string of the molecule is O=C(CC1=NN(c2cccc(Cl)c2)C(c2ccccc2)CC1)Nc1ccc(C(F)(F)F)cc1. The van der Waals surface area contributed by atoms with Gasteiger partial charge in [-0.3, -0.25) is 9.80 Å². The van der Waals surface area contributed by atoms with E-state index < -0.39 is 11.7 Å². The number of halogens is 4. The highest BCUT2D eigenvalue weighted by molar-refractivity contribution is 6.30. The van der Waals surface area contributed by atoms with Crippen molar-refractivity contribution >= 4 is 34.6 Å². The van der Waals surface area contributed by atoms with E-state index in [1.807, 2.05) is 53.5 Å². The smallest absolute Gasteiger partial charge is 0.326 e. The Morgan fingerprint density at radius 1 is 1.03 bits per heavy atom. The van der Waals surface area contributed by atoms with Crippen molar-refractivity contribution in [3.05, 3.63) is 95.0 Å². The number of anilines is 2. The van der Waals surface area contributed by atoms with Crippen LogP contribution in [-0.4, -0.2) is 11.6 Å². The van der Waals surface area contributed by atoms with Crippen LogP contribution < -0.4 is 10.3 Å². The molecule has 0 fully saturated rings. The molecule has 0 aromatic heterocycles. The zero-order chi connectivity index (χ0) is 23.4. The summed E-state index contributed by atoms with van der Waals surface area (Å²) in [6, 6.07) is 21.7. The Morgan fingerprint density at radius 3 is 2.42 bits per heavy atom. The molecule has 1 unspecified atom stereocenters. The summed E-state index contributed by atoms with van der Waals surface area (Å²) in [5.41, 5.74) is 2.15. The predicted molar refractivity (Wildman–Crippen MR) is 124 cm³/mol. The summed E-state index contributed by atoms with van der Waals surface area (Å²) in [5, 5.41) is 9.87. The molecular weight excluding hydrogens is 451 g/mol. The lowest BCUT2D eigenvalue weighted by atomic mass is 9.96. The van der Waals surface area contributed by atoms with Crippen LogP contribution in [0.3, 0.4) is 0 Å². The van der Waals surface area contributed by atoms with Gasteiger partial charge >= 0.3 is 6.18 Å². The normalized spacial score (nSPS) is 16.3. The Labute approximate surface area is 194 Å². The number of carbonyl (C=O) groups excluding carboxylic acids is 1. The lowest BCUT2D eigenvalue weighted by molar-refractivity contribution is -0.137. The van der Waals surface area contributed by atoms with Crippen LogP contribution in [0.2, 0.25) is 5.02 Å². The quantitative estimate of drug-likeness (QED) is 0.432. The Morgan fingerprint density at radius 2 is 1.76 bits per heavy atom. The number of hydrogen-bond donors (Lipinski definition) is 1. The summed E-state index contributed by atoms with van der Waals surface area (Å²) in [6.45, 7) is 0. The largest absolute Gasteiger partial charge is 0.416 e. The molecule has 8 heteroatoms. The zero-order valence-electron chi connectivity index (χ0n) is 17.5. The van der Waals surface area contributed by atoms with Crippen molar-refractivity contribution in [2.45, 2.75) is 31.5 Å². The van der Waals surface area contributed by atoms with Gasteiger partial charge in [-0.25, -0.2) is 0 Å². The third-order valence-corrected chi connectivity index (χ3v) is 5.60. The molecule has 0 saturated carbocycles. The molecule has 0 radical (unpaired) electrons. The van der Waals surface area contributed by atoms with Gasteiger partial charge in [0, 0.05) is 16.4 Å². The molecule has 0 aliphatic carbocycles. The molecule has 1 aliphatic heterocycles. The maximum Gasteiger partial charge on any atom is 0.416 e. The minimum absolute atomic E-state index is 0.00797. The van der Waals surface area contributed by atoms with Gasteiger partial charge in [0.15, 0.2) is 0 Å². The van der Waals surface area contributed by atoms with E-state index in [0.29, 0.717) is 22.8 Å². The van der Waals surface area contributed by atoms with Gasteiger partial charge < -0.3 is 5.32 Å². The highest BCUT2D eigenvalue weighted by Crippen LogP contribution is 2.36.